The van der Waals surface area contributed by atoms with E-state index in [0.717, 1.165) is 10.8 Å². The Morgan fingerprint density at radius 1 is 1.28 bits per heavy atom. The number of ether oxygens (including phenoxy) is 1. The molecule has 0 fully saturated rings. The fourth-order valence-corrected chi connectivity index (χ4v) is 1.81. The lowest BCUT2D eigenvalue weighted by Crippen LogP contribution is -2.04. The van der Waals surface area contributed by atoms with Gasteiger partial charge in [0, 0.05) is 5.56 Å². The molecular formula is C15H12O3. The SMILES string of the molecule is COC(=O)c1ccc2ccccc2c1C#CCO. The standard InChI is InChI=1S/C15H12O3/c1-18-15(17)14-9-8-11-5-2-3-6-12(11)13(14)7-4-10-16/h2-3,5-6,8-9,16H,10H2,1H3. The third-order valence-electron chi connectivity index (χ3n) is 2.63. The van der Waals surface area contributed by atoms with Gasteiger partial charge in [0.25, 0.3) is 0 Å². The van der Waals surface area contributed by atoms with Gasteiger partial charge in [-0.3, -0.25) is 0 Å². The monoisotopic (exact) mass is 240 g/mol. The number of methoxy groups -OCH3 is 1. The third kappa shape index (κ3) is 2.20. The molecule has 0 aromatic heterocycles. The summed E-state index contributed by atoms with van der Waals surface area (Å²) in [6, 6.07) is 11.2. The number of hydrogen-bond acceptors (Lipinski definition) is 3. The van der Waals surface area contributed by atoms with Crippen LogP contribution in [0.2, 0.25) is 0 Å². The maximum absolute atomic E-state index is 11.7. The molecule has 0 bridgehead atoms. The van der Waals surface area contributed by atoms with Crippen molar-refractivity contribution in [1.29, 1.82) is 0 Å². The van der Waals surface area contributed by atoms with Crippen LogP contribution in [-0.4, -0.2) is 24.8 Å². The molecule has 0 saturated carbocycles. The molecule has 18 heavy (non-hydrogen) atoms. The van der Waals surface area contributed by atoms with E-state index in [0.29, 0.717) is 11.1 Å². The largest absolute Gasteiger partial charge is 0.465 e. The van der Waals surface area contributed by atoms with E-state index in [1.54, 1.807) is 6.07 Å². The van der Waals surface area contributed by atoms with Crippen LogP contribution in [0.4, 0.5) is 0 Å². The minimum absolute atomic E-state index is 0.246. The topological polar surface area (TPSA) is 46.5 Å². The Hall–Kier alpha value is -2.31. The molecule has 0 amide bonds. The van der Waals surface area contributed by atoms with Crippen LogP contribution in [0, 0.1) is 11.8 Å². The van der Waals surface area contributed by atoms with Gasteiger partial charge in [-0.2, -0.15) is 0 Å². The first-order valence-electron chi connectivity index (χ1n) is 5.47. The van der Waals surface area contributed by atoms with E-state index in [9.17, 15) is 4.79 Å². The summed E-state index contributed by atoms with van der Waals surface area (Å²) < 4.78 is 4.74. The van der Waals surface area contributed by atoms with Crippen LogP contribution in [0.1, 0.15) is 15.9 Å². The van der Waals surface area contributed by atoms with E-state index in [1.807, 2.05) is 30.3 Å². The molecule has 0 aliphatic rings. The highest BCUT2D eigenvalue weighted by Gasteiger charge is 2.12. The van der Waals surface area contributed by atoms with Crippen molar-refractivity contribution in [1.82, 2.24) is 0 Å². The highest BCUT2D eigenvalue weighted by Crippen LogP contribution is 2.22. The molecule has 3 nitrogen and oxygen atoms in total. The number of esters is 1. The van der Waals surface area contributed by atoms with Crippen molar-refractivity contribution >= 4 is 16.7 Å². The van der Waals surface area contributed by atoms with Gasteiger partial charge in [-0.1, -0.05) is 42.2 Å². The zero-order chi connectivity index (χ0) is 13.0. The highest BCUT2D eigenvalue weighted by molar-refractivity contribution is 6.00. The van der Waals surface area contributed by atoms with Crippen molar-refractivity contribution < 1.29 is 14.6 Å². The molecule has 0 unspecified atom stereocenters. The van der Waals surface area contributed by atoms with Crippen LogP contribution in [0.25, 0.3) is 10.8 Å². The number of carbonyl (C=O) groups is 1. The van der Waals surface area contributed by atoms with E-state index in [4.69, 9.17) is 9.84 Å². The van der Waals surface area contributed by atoms with Gasteiger partial charge in [-0.25, -0.2) is 4.79 Å². The average molecular weight is 240 g/mol. The number of benzene rings is 2. The zero-order valence-electron chi connectivity index (χ0n) is 9.93. The maximum Gasteiger partial charge on any atom is 0.339 e. The quantitative estimate of drug-likeness (QED) is 0.612. The van der Waals surface area contributed by atoms with Crippen LogP contribution in [0.3, 0.4) is 0 Å². The van der Waals surface area contributed by atoms with Gasteiger partial charge < -0.3 is 9.84 Å². The number of hydrogen-bond donors (Lipinski definition) is 1. The smallest absolute Gasteiger partial charge is 0.339 e. The third-order valence-corrected chi connectivity index (χ3v) is 2.63. The van der Waals surface area contributed by atoms with Gasteiger partial charge in [0.2, 0.25) is 0 Å². The van der Waals surface area contributed by atoms with Crippen molar-refractivity contribution in [2.75, 3.05) is 13.7 Å². The Kier molecular flexibility index (Phi) is 3.61. The lowest BCUT2D eigenvalue weighted by Gasteiger charge is -2.06. The Morgan fingerprint density at radius 3 is 2.78 bits per heavy atom. The van der Waals surface area contributed by atoms with Crippen LogP contribution in [0.5, 0.6) is 0 Å². The number of rotatable bonds is 1. The van der Waals surface area contributed by atoms with E-state index in [-0.39, 0.29) is 6.61 Å². The molecule has 90 valence electrons. The first-order valence-corrected chi connectivity index (χ1v) is 5.47. The number of fused-ring (bicyclic) bond motifs is 1. The van der Waals surface area contributed by atoms with Crippen LogP contribution in [0.15, 0.2) is 36.4 Å². The molecule has 3 heteroatoms. The molecule has 1 N–H and O–H groups in total. The Balaban J connectivity index is 2.74. The minimum Gasteiger partial charge on any atom is -0.465 e. The summed E-state index contributed by atoms with van der Waals surface area (Å²) in [6.45, 7) is -0.246. The molecular weight excluding hydrogens is 228 g/mol. The molecule has 2 aromatic carbocycles. The summed E-state index contributed by atoms with van der Waals surface area (Å²) in [5, 5.41) is 10.7. The Morgan fingerprint density at radius 2 is 2.06 bits per heavy atom. The lowest BCUT2D eigenvalue weighted by molar-refractivity contribution is 0.0600. The summed E-state index contributed by atoms with van der Waals surface area (Å²) in [5.74, 6) is 4.97. The van der Waals surface area contributed by atoms with Crippen LogP contribution in [-0.2, 0) is 4.74 Å². The molecule has 0 radical (unpaired) electrons. The van der Waals surface area contributed by atoms with Crippen molar-refractivity contribution in [2.45, 2.75) is 0 Å². The first-order chi connectivity index (χ1) is 8.77. The van der Waals surface area contributed by atoms with Crippen molar-refractivity contribution in [2.24, 2.45) is 0 Å². The molecule has 0 aliphatic carbocycles. The lowest BCUT2D eigenvalue weighted by atomic mass is 9.99. The van der Waals surface area contributed by atoms with Gasteiger partial charge in [0.05, 0.1) is 12.7 Å². The average Bonchev–Trinajstić information content (AvgIpc) is 2.43. The van der Waals surface area contributed by atoms with E-state index in [2.05, 4.69) is 11.8 Å². The summed E-state index contributed by atoms with van der Waals surface area (Å²) in [5.41, 5.74) is 1.01. The summed E-state index contributed by atoms with van der Waals surface area (Å²) in [7, 11) is 1.33. The number of carbonyl (C=O) groups excluding carboxylic acids is 1. The van der Waals surface area contributed by atoms with Crippen LogP contribution >= 0.6 is 0 Å². The predicted molar refractivity (Wildman–Crippen MR) is 69.3 cm³/mol. The zero-order valence-corrected chi connectivity index (χ0v) is 9.93. The van der Waals surface area contributed by atoms with Crippen LogP contribution < -0.4 is 0 Å². The minimum atomic E-state index is -0.428. The molecule has 0 atom stereocenters. The first kappa shape index (κ1) is 12.2. The Labute approximate surface area is 105 Å². The summed E-state index contributed by atoms with van der Waals surface area (Å²) >= 11 is 0. The van der Waals surface area contributed by atoms with Crippen molar-refractivity contribution in [3.05, 3.63) is 47.5 Å². The molecule has 0 aliphatic heterocycles. The summed E-state index contributed by atoms with van der Waals surface area (Å²) in [6.07, 6.45) is 0. The fraction of sp³-hybridized carbons (Fsp3) is 0.133. The van der Waals surface area contributed by atoms with E-state index >= 15 is 0 Å². The molecule has 2 rings (SSSR count). The normalized spacial score (nSPS) is 9.67. The maximum atomic E-state index is 11.7. The highest BCUT2D eigenvalue weighted by atomic mass is 16.5. The predicted octanol–water partition coefficient (Wildman–Crippen LogP) is 1.97. The molecule has 0 saturated heterocycles. The Bertz CT molecular complexity index is 648. The number of aliphatic hydroxyl groups is 1. The number of aliphatic hydroxyl groups excluding tert-OH is 1. The van der Waals surface area contributed by atoms with E-state index < -0.39 is 5.97 Å². The second-order valence-corrected chi connectivity index (χ2v) is 3.66. The van der Waals surface area contributed by atoms with Gasteiger partial charge in [-0.05, 0) is 16.8 Å². The molecule has 2 aromatic rings. The molecule has 0 heterocycles. The van der Waals surface area contributed by atoms with Gasteiger partial charge in [-0.15, -0.1) is 0 Å². The van der Waals surface area contributed by atoms with Gasteiger partial charge >= 0.3 is 5.97 Å². The van der Waals surface area contributed by atoms with Crippen molar-refractivity contribution in [3.8, 4) is 11.8 Å². The molecule has 0 spiro atoms. The second-order valence-electron chi connectivity index (χ2n) is 3.66. The van der Waals surface area contributed by atoms with Crippen molar-refractivity contribution in [3.63, 3.8) is 0 Å². The summed E-state index contributed by atoms with van der Waals surface area (Å²) in [4.78, 5) is 11.7. The van der Waals surface area contributed by atoms with E-state index in [1.165, 1.54) is 7.11 Å². The fourth-order valence-electron chi connectivity index (χ4n) is 1.81. The second kappa shape index (κ2) is 5.35. The van der Waals surface area contributed by atoms with Gasteiger partial charge in [0.15, 0.2) is 0 Å². The van der Waals surface area contributed by atoms with Gasteiger partial charge in [0.1, 0.15) is 6.61 Å².